The predicted octanol–water partition coefficient (Wildman–Crippen LogP) is 1.21. The van der Waals surface area contributed by atoms with E-state index < -0.39 is 0 Å². The SMILES string of the molecule is NOC1CCCCC1.[Pt]. The molecular formula is C6H13NOPt. The van der Waals surface area contributed by atoms with Gasteiger partial charge >= 0.3 is 0 Å². The van der Waals surface area contributed by atoms with Gasteiger partial charge in [-0.2, -0.15) is 0 Å². The number of hydrogen-bond acceptors (Lipinski definition) is 2. The van der Waals surface area contributed by atoms with Crippen molar-refractivity contribution in [2.45, 2.75) is 38.2 Å². The molecule has 0 saturated heterocycles. The van der Waals surface area contributed by atoms with E-state index in [1.165, 1.54) is 19.3 Å². The fourth-order valence-electron chi connectivity index (χ4n) is 1.20. The Labute approximate surface area is 70.4 Å². The molecule has 0 radical (unpaired) electrons. The molecular weight excluding hydrogens is 297 g/mol. The molecule has 0 aromatic carbocycles. The topological polar surface area (TPSA) is 35.2 Å². The first kappa shape index (κ1) is 9.61. The van der Waals surface area contributed by atoms with Gasteiger partial charge in [-0.15, -0.1) is 0 Å². The maximum Gasteiger partial charge on any atom is 0.0787 e. The second-order valence-electron chi connectivity index (χ2n) is 2.40. The maximum atomic E-state index is 5.00. The van der Waals surface area contributed by atoms with Crippen LogP contribution < -0.4 is 5.90 Å². The summed E-state index contributed by atoms with van der Waals surface area (Å²) in [5.74, 6) is 5.00. The predicted molar refractivity (Wildman–Crippen MR) is 32.1 cm³/mol. The molecule has 0 aliphatic heterocycles. The van der Waals surface area contributed by atoms with Gasteiger partial charge in [-0.3, -0.25) is 0 Å². The summed E-state index contributed by atoms with van der Waals surface area (Å²) in [6.07, 6.45) is 6.64. The molecule has 0 amide bonds. The minimum absolute atomic E-state index is 0. The molecule has 9 heavy (non-hydrogen) atoms. The summed E-state index contributed by atoms with van der Waals surface area (Å²) >= 11 is 0. The zero-order valence-corrected chi connectivity index (χ0v) is 7.69. The van der Waals surface area contributed by atoms with Crippen LogP contribution in [0.1, 0.15) is 32.1 Å². The van der Waals surface area contributed by atoms with Crippen molar-refractivity contribution >= 4 is 0 Å². The Hall–Kier alpha value is 0.608. The minimum Gasteiger partial charge on any atom is -0.301 e. The van der Waals surface area contributed by atoms with Crippen LogP contribution >= 0.6 is 0 Å². The largest absolute Gasteiger partial charge is 0.301 e. The molecule has 1 aliphatic rings. The second-order valence-corrected chi connectivity index (χ2v) is 2.40. The number of hydrogen-bond donors (Lipinski definition) is 1. The summed E-state index contributed by atoms with van der Waals surface area (Å²) < 4.78 is 0. The Balaban J connectivity index is 0.000000640. The van der Waals surface area contributed by atoms with Crippen LogP contribution in [0, 0.1) is 0 Å². The summed E-state index contributed by atoms with van der Waals surface area (Å²) in [6.45, 7) is 0. The third-order valence-corrected chi connectivity index (χ3v) is 1.74. The van der Waals surface area contributed by atoms with Crippen LogP contribution in [-0.2, 0) is 25.9 Å². The molecule has 0 atom stereocenters. The Morgan fingerprint density at radius 3 is 2.00 bits per heavy atom. The molecule has 3 heteroatoms. The quantitative estimate of drug-likeness (QED) is 0.739. The third kappa shape index (κ3) is 3.34. The van der Waals surface area contributed by atoms with E-state index in [4.69, 9.17) is 10.7 Å². The Kier molecular flexibility index (Phi) is 5.76. The van der Waals surface area contributed by atoms with Crippen LogP contribution in [0.3, 0.4) is 0 Å². The van der Waals surface area contributed by atoms with Crippen molar-refractivity contribution < 1.29 is 25.9 Å². The normalized spacial score (nSPS) is 21.0. The minimum atomic E-state index is 0. The van der Waals surface area contributed by atoms with Crippen molar-refractivity contribution in [1.82, 2.24) is 0 Å². The molecule has 2 N–H and O–H groups in total. The van der Waals surface area contributed by atoms with E-state index in [0.29, 0.717) is 6.10 Å². The summed E-state index contributed by atoms with van der Waals surface area (Å²) in [7, 11) is 0. The third-order valence-electron chi connectivity index (χ3n) is 1.74. The van der Waals surface area contributed by atoms with Gasteiger partial charge in [-0.1, -0.05) is 19.3 Å². The van der Waals surface area contributed by atoms with Crippen molar-refractivity contribution in [2.24, 2.45) is 5.90 Å². The Morgan fingerprint density at radius 2 is 1.67 bits per heavy atom. The van der Waals surface area contributed by atoms with Gasteiger partial charge in [0.2, 0.25) is 0 Å². The molecule has 0 bridgehead atoms. The van der Waals surface area contributed by atoms with Crippen LogP contribution in [0.15, 0.2) is 0 Å². The van der Waals surface area contributed by atoms with E-state index >= 15 is 0 Å². The average molecular weight is 310 g/mol. The van der Waals surface area contributed by atoms with Crippen molar-refractivity contribution in [3.8, 4) is 0 Å². The zero-order valence-electron chi connectivity index (χ0n) is 5.41. The van der Waals surface area contributed by atoms with Crippen molar-refractivity contribution in [3.63, 3.8) is 0 Å². The molecule has 1 saturated carbocycles. The smallest absolute Gasteiger partial charge is 0.0787 e. The van der Waals surface area contributed by atoms with Gasteiger partial charge in [0.25, 0.3) is 0 Å². The molecule has 0 aromatic heterocycles. The van der Waals surface area contributed by atoms with E-state index in [-0.39, 0.29) is 21.1 Å². The zero-order chi connectivity index (χ0) is 5.82. The molecule has 0 unspecified atom stereocenters. The first-order valence-corrected chi connectivity index (χ1v) is 3.29. The van der Waals surface area contributed by atoms with Crippen LogP contribution in [0.25, 0.3) is 0 Å². The van der Waals surface area contributed by atoms with Gasteiger partial charge in [0.15, 0.2) is 0 Å². The van der Waals surface area contributed by atoms with E-state index in [0.717, 1.165) is 12.8 Å². The van der Waals surface area contributed by atoms with E-state index in [9.17, 15) is 0 Å². The summed E-state index contributed by atoms with van der Waals surface area (Å²) in [4.78, 5) is 4.69. The van der Waals surface area contributed by atoms with E-state index in [1.54, 1.807) is 0 Å². The van der Waals surface area contributed by atoms with Crippen molar-refractivity contribution in [2.75, 3.05) is 0 Å². The summed E-state index contributed by atoms with van der Waals surface area (Å²) in [5.41, 5.74) is 0. The van der Waals surface area contributed by atoms with Crippen LogP contribution in [0.5, 0.6) is 0 Å². The van der Waals surface area contributed by atoms with Crippen molar-refractivity contribution in [1.29, 1.82) is 0 Å². The summed E-state index contributed by atoms with van der Waals surface area (Å²) in [5, 5.41) is 0. The van der Waals surface area contributed by atoms with Crippen LogP contribution in [0.2, 0.25) is 0 Å². The van der Waals surface area contributed by atoms with Crippen LogP contribution in [0.4, 0.5) is 0 Å². The molecule has 1 rings (SSSR count). The molecule has 58 valence electrons. The standard InChI is InChI=1S/C6H13NO.Pt/c7-8-6-4-2-1-3-5-6;/h6H,1-5,7H2;. The van der Waals surface area contributed by atoms with Gasteiger partial charge < -0.3 is 4.84 Å². The molecule has 0 heterocycles. The first-order valence-electron chi connectivity index (χ1n) is 3.29. The molecule has 2 nitrogen and oxygen atoms in total. The first-order chi connectivity index (χ1) is 3.93. The van der Waals surface area contributed by atoms with E-state index in [1.807, 2.05) is 0 Å². The van der Waals surface area contributed by atoms with Gasteiger partial charge in [0.05, 0.1) is 6.10 Å². The Morgan fingerprint density at radius 1 is 1.11 bits per heavy atom. The monoisotopic (exact) mass is 310 g/mol. The number of rotatable bonds is 1. The number of nitrogens with two attached hydrogens (primary N) is 1. The van der Waals surface area contributed by atoms with Gasteiger partial charge in [0, 0.05) is 21.1 Å². The molecule has 1 aliphatic carbocycles. The molecule has 1 fully saturated rings. The molecule has 0 aromatic rings. The van der Waals surface area contributed by atoms with E-state index in [2.05, 4.69) is 0 Å². The fourth-order valence-corrected chi connectivity index (χ4v) is 1.20. The second kappa shape index (κ2) is 5.40. The van der Waals surface area contributed by atoms with Crippen LogP contribution in [-0.4, -0.2) is 6.10 Å². The van der Waals surface area contributed by atoms with Gasteiger partial charge in [0.1, 0.15) is 0 Å². The van der Waals surface area contributed by atoms with Crippen molar-refractivity contribution in [3.05, 3.63) is 0 Å². The molecule has 0 spiro atoms. The van der Waals surface area contributed by atoms with Gasteiger partial charge in [-0.05, 0) is 12.8 Å². The Bertz CT molecular complexity index is 64.1. The average Bonchev–Trinajstić information content (AvgIpc) is 1.90. The summed E-state index contributed by atoms with van der Waals surface area (Å²) in [6, 6.07) is 0. The maximum absolute atomic E-state index is 5.00. The van der Waals surface area contributed by atoms with Gasteiger partial charge in [-0.25, -0.2) is 5.90 Å². The fraction of sp³-hybridized carbons (Fsp3) is 1.00.